The van der Waals surface area contributed by atoms with E-state index < -0.39 is 0 Å². The molecule has 1 atom stereocenters. The predicted molar refractivity (Wildman–Crippen MR) is 98.2 cm³/mol. The van der Waals surface area contributed by atoms with Gasteiger partial charge in [-0.1, -0.05) is 11.6 Å². The number of hydrogen-bond donors (Lipinski definition) is 1. The van der Waals surface area contributed by atoms with Crippen LogP contribution in [0.15, 0.2) is 11.6 Å². The van der Waals surface area contributed by atoms with Crippen LogP contribution in [0.3, 0.4) is 0 Å². The number of carbonyl (C=O) groups is 2. The molecular formula is C19H33N3O3. The number of ether oxygens (including phenoxy) is 1. The summed E-state index contributed by atoms with van der Waals surface area (Å²) in [7, 11) is 1.85. The van der Waals surface area contributed by atoms with Crippen molar-refractivity contribution in [2.75, 3.05) is 46.4 Å². The Kier molecular flexibility index (Phi) is 7.90. The van der Waals surface area contributed by atoms with Crippen LogP contribution in [0.25, 0.3) is 0 Å². The molecule has 0 aliphatic carbocycles. The minimum atomic E-state index is -0.359. The average molecular weight is 351 g/mol. The monoisotopic (exact) mass is 351 g/mol. The van der Waals surface area contributed by atoms with Crippen LogP contribution in [0, 0.1) is 5.92 Å². The molecule has 0 spiro atoms. The minimum Gasteiger partial charge on any atom is -0.381 e. The molecule has 0 bridgehead atoms. The molecule has 2 aliphatic heterocycles. The van der Waals surface area contributed by atoms with E-state index in [-0.39, 0.29) is 24.3 Å². The maximum Gasteiger partial charge on any atom is 0.237 e. The summed E-state index contributed by atoms with van der Waals surface area (Å²) in [5.74, 6) is 0.673. The van der Waals surface area contributed by atoms with Crippen molar-refractivity contribution in [2.45, 2.75) is 45.6 Å². The van der Waals surface area contributed by atoms with Crippen molar-refractivity contribution in [3.63, 3.8) is 0 Å². The van der Waals surface area contributed by atoms with Gasteiger partial charge in [0.2, 0.25) is 11.8 Å². The maximum atomic E-state index is 12.6. The largest absolute Gasteiger partial charge is 0.381 e. The lowest BCUT2D eigenvalue weighted by Crippen LogP contribution is -2.56. The van der Waals surface area contributed by atoms with E-state index in [0.717, 1.165) is 52.1 Å². The standard InChI is InChI=1S/C19H33N3O3/c1-15(2)4-10-22-11-8-20-19(24)17(22)14-18(23)21(3)9-5-16-6-12-25-13-7-16/h4,16-17H,5-14H2,1-3H3,(H,20,24). The van der Waals surface area contributed by atoms with Gasteiger partial charge in [0.15, 0.2) is 0 Å². The molecule has 6 nitrogen and oxygen atoms in total. The maximum absolute atomic E-state index is 12.6. The van der Waals surface area contributed by atoms with Gasteiger partial charge in [0.25, 0.3) is 0 Å². The molecule has 1 unspecified atom stereocenters. The molecule has 6 heteroatoms. The summed E-state index contributed by atoms with van der Waals surface area (Å²) in [5, 5.41) is 2.89. The SMILES string of the molecule is CC(C)=CCN1CCNC(=O)C1CC(=O)N(C)CCC1CCOCC1. The fourth-order valence-electron chi connectivity index (χ4n) is 3.36. The van der Waals surface area contributed by atoms with Crippen molar-refractivity contribution in [3.8, 4) is 0 Å². The Bertz CT molecular complexity index is 482. The molecule has 2 fully saturated rings. The van der Waals surface area contributed by atoms with Crippen molar-refractivity contribution in [3.05, 3.63) is 11.6 Å². The van der Waals surface area contributed by atoms with Gasteiger partial charge in [-0.05, 0) is 39.0 Å². The summed E-state index contributed by atoms with van der Waals surface area (Å²) in [6.45, 7) is 8.70. The van der Waals surface area contributed by atoms with Gasteiger partial charge in [0.1, 0.15) is 0 Å². The van der Waals surface area contributed by atoms with Crippen LogP contribution in [-0.2, 0) is 14.3 Å². The van der Waals surface area contributed by atoms with E-state index in [2.05, 4.69) is 16.3 Å². The Morgan fingerprint density at radius 1 is 1.36 bits per heavy atom. The number of piperazine rings is 1. The first-order chi connectivity index (χ1) is 12.0. The Morgan fingerprint density at radius 2 is 2.08 bits per heavy atom. The molecule has 2 amide bonds. The van der Waals surface area contributed by atoms with Gasteiger partial charge in [-0.25, -0.2) is 0 Å². The van der Waals surface area contributed by atoms with Crippen LogP contribution in [0.2, 0.25) is 0 Å². The van der Waals surface area contributed by atoms with Crippen LogP contribution in [0.4, 0.5) is 0 Å². The zero-order chi connectivity index (χ0) is 18.2. The highest BCUT2D eigenvalue weighted by Gasteiger charge is 2.31. The summed E-state index contributed by atoms with van der Waals surface area (Å²) in [6.07, 6.45) is 5.56. The Labute approximate surface area is 151 Å². The van der Waals surface area contributed by atoms with Crippen molar-refractivity contribution in [1.82, 2.24) is 15.1 Å². The molecule has 1 N–H and O–H groups in total. The number of carbonyl (C=O) groups excluding carboxylic acids is 2. The number of hydrogen-bond acceptors (Lipinski definition) is 4. The molecular weight excluding hydrogens is 318 g/mol. The summed E-state index contributed by atoms with van der Waals surface area (Å²) in [6, 6.07) is -0.359. The Balaban J connectivity index is 1.84. The highest BCUT2D eigenvalue weighted by atomic mass is 16.5. The second-order valence-corrected chi connectivity index (χ2v) is 7.45. The number of nitrogens with zero attached hydrogens (tertiary/aromatic N) is 2. The lowest BCUT2D eigenvalue weighted by molar-refractivity contribution is -0.138. The van der Waals surface area contributed by atoms with Crippen LogP contribution in [-0.4, -0.2) is 74.1 Å². The van der Waals surface area contributed by atoms with Crippen LogP contribution in [0.1, 0.15) is 39.5 Å². The Hall–Kier alpha value is -1.40. The lowest BCUT2D eigenvalue weighted by atomic mass is 9.96. The molecule has 2 rings (SSSR count). The summed E-state index contributed by atoms with van der Waals surface area (Å²) >= 11 is 0. The van der Waals surface area contributed by atoms with E-state index in [4.69, 9.17) is 4.74 Å². The highest BCUT2D eigenvalue weighted by molar-refractivity contribution is 5.88. The first kappa shape index (κ1) is 19.9. The van der Waals surface area contributed by atoms with E-state index in [9.17, 15) is 9.59 Å². The highest BCUT2D eigenvalue weighted by Crippen LogP contribution is 2.19. The zero-order valence-corrected chi connectivity index (χ0v) is 15.9. The number of allylic oxidation sites excluding steroid dienone is 1. The lowest BCUT2D eigenvalue weighted by Gasteiger charge is -2.35. The number of rotatable bonds is 7. The van der Waals surface area contributed by atoms with Crippen LogP contribution >= 0.6 is 0 Å². The number of nitrogens with one attached hydrogen (secondary N) is 1. The molecule has 2 aliphatic rings. The van der Waals surface area contributed by atoms with Gasteiger partial charge in [0, 0.05) is 46.4 Å². The van der Waals surface area contributed by atoms with Gasteiger partial charge < -0.3 is 15.0 Å². The Morgan fingerprint density at radius 3 is 2.76 bits per heavy atom. The normalized spacial score (nSPS) is 22.4. The molecule has 0 aromatic rings. The zero-order valence-electron chi connectivity index (χ0n) is 15.9. The second kappa shape index (κ2) is 9.92. The van der Waals surface area contributed by atoms with E-state index >= 15 is 0 Å². The van der Waals surface area contributed by atoms with E-state index in [1.165, 1.54) is 5.57 Å². The van der Waals surface area contributed by atoms with Gasteiger partial charge in [-0.3, -0.25) is 14.5 Å². The summed E-state index contributed by atoms with van der Waals surface area (Å²) in [4.78, 5) is 28.7. The molecule has 0 aromatic heterocycles. The molecule has 142 valence electrons. The van der Waals surface area contributed by atoms with Crippen LogP contribution in [0.5, 0.6) is 0 Å². The van der Waals surface area contributed by atoms with E-state index in [0.29, 0.717) is 12.5 Å². The summed E-state index contributed by atoms with van der Waals surface area (Å²) in [5.41, 5.74) is 1.23. The molecule has 2 saturated heterocycles. The first-order valence-electron chi connectivity index (χ1n) is 9.44. The molecule has 25 heavy (non-hydrogen) atoms. The van der Waals surface area contributed by atoms with Gasteiger partial charge in [-0.2, -0.15) is 0 Å². The van der Waals surface area contributed by atoms with Crippen molar-refractivity contribution in [1.29, 1.82) is 0 Å². The van der Waals surface area contributed by atoms with Gasteiger partial charge in [0.05, 0.1) is 12.5 Å². The third-order valence-electron chi connectivity index (χ3n) is 5.18. The molecule has 0 aromatic carbocycles. The van der Waals surface area contributed by atoms with Crippen molar-refractivity contribution >= 4 is 11.8 Å². The predicted octanol–water partition coefficient (Wildman–Crippen LogP) is 1.42. The molecule has 0 saturated carbocycles. The topological polar surface area (TPSA) is 61.9 Å². The number of amides is 2. The van der Waals surface area contributed by atoms with Crippen LogP contribution < -0.4 is 5.32 Å². The fourth-order valence-corrected chi connectivity index (χ4v) is 3.36. The fraction of sp³-hybridized carbons (Fsp3) is 0.789. The first-order valence-corrected chi connectivity index (χ1v) is 9.44. The molecule has 2 heterocycles. The molecule has 0 radical (unpaired) electrons. The smallest absolute Gasteiger partial charge is 0.237 e. The van der Waals surface area contributed by atoms with Gasteiger partial charge >= 0.3 is 0 Å². The minimum absolute atomic E-state index is 0.0282. The third-order valence-corrected chi connectivity index (χ3v) is 5.18. The van der Waals surface area contributed by atoms with Gasteiger partial charge in [-0.15, -0.1) is 0 Å². The third kappa shape index (κ3) is 6.44. The quantitative estimate of drug-likeness (QED) is 0.705. The average Bonchev–Trinajstić information content (AvgIpc) is 2.60. The second-order valence-electron chi connectivity index (χ2n) is 7.45. The van der Waals surface area contributed by atoms with E-state index in [1.54, 1.807) is 4.90 Å². The van der Waals surface area contributed by atoms with Crippen molar-refractivity contribution in [2.24, 2.45) is 5.92 Å². The summed E-state index contributed by atoms with van der Waals surface area (Å²) < 4.78 is 5.38. The van der Waals surface area contributed by atoms with E-state index in [1.807, 2.05) is 20.9 Å². The van der Waals surface area contributed by atoms with Crippen molar-refractivity contribution < 1.29 is 14.3 Å².